The summed E-state index contributed by atoms with van der Waals surface area (Å²) in [4.78, 5) is 30.9. The van der Waals surface area contributed by atoms with Gasteiger partial charge < -0.3 is 5.32 Å². The molecule has 0 radical (unpaired) electrons. The summed E-state index contributed by atoms with van der Waals surface area (Å²) in [5, 5.41) is 3.64. The van der Waals surface area contributed by atoms with E-state index in [1.165, 1.54) is 11.8 Å². The van der Waals surface area contributed by atoms with E-state index in [0.29, 0.717) is 5.69 Å². The fraction of sp³-hybridized carbons (Fsp3) is 0.235. The van der Waals surface area contributed by atoms with E-state index in [9.17, 15) is 9.59 Å². The van der Waals surface area contributed by atoms with Crippen LogP contribution >= 0.6 is 11.8 Å². The molecule has 2 aromatic rings. The summed E-state index contributed by atoms with van der Waals surface area (Å²) in [6, 6.07) is 12.9. The third-order valence-electron chi connectivity index (χ3n) is 3.74. The highest BCUT2D eigenvalue weighted by Crippen LogP contribution is 2.37. The van der Waals surface area contributed by atoms with E-state index in [1.807, 2.05) is 36.4 Å². The number of fused-ring (bicyclic) bond motifs is 1. The summed E-state index contributed by atoms with van der Waals surface area (Å²) in [7, 11) is 0. The van der Waals surface area contributed by atoms with Gasteiger partial charge in [0.25, 0.3) is 0 Å². The Morgan fingerprint density at radius 1 is 1.22 bits per heavy atom. The van der Waals surface area contributed by atoms with Crippen molar-refractivity contribution < 1.29 is 9.59 Å². The van der Waals surface area contributed by atoms with Gasteiger partial charge in [-0.15, -0.1) is 0 Å². The molecule has 23 heavy (non-hydrogen) atoms. The second-order valence-electron chi connectivity index (χ2n) is 5.72. The van der Waals surface area contributed by atoms with Crippen molar-refractivity contribution in [1.29, 1.82) is 0 Å². The molecule has 118 valence electrons. The highest BCUT2D eigenvalue weighted by molar-refractivity contribution is 7.99. The van der Waals surface area contributed by atoms with Crippen LogP contribution in [-0.2, 0) is 9.59 Å². The fourth-order valence-corrected chi connectivity index (χ4v) is 3.24. The van der Waals surface area contributed by atoms with Crippen molar-refractivity contribution in [2.24, 2.45) is 0 Å². The van der Waals surface area contributed by atoms with Crippen LogP contribution in [0.5, 0.6) is 0 Å². The van der Waals surface area contributed by atoms with Crippen molar-refractivity contribution in [3.8, 4) is 0 Å². The monoisotopic (exact) mass is 327 g/mol. The molecule has 1 aromatic heterocycles. The molecule has 1 aliphatic rings. The largest absolute Gasteiger partial charge is 0.322 e. The second kappa shape index (κ2) is 6.04. The summed E-state index contributed by atoms with van der Waals surface area (Å²) in [5.74, 6) is -0.0810. The number of rotatable bonds is 3. The fourth-order valence-electron chi connectivity index (χ4n) is 2.53. The van der Waals surface area contributed by atoms with Gasteiger partial charge in [-0.25, -0.2) is 4.98 Å². The number of nitrogens with one attached hydrogen (secondary N) is 1. The Bertz CT molecular complexity index is 747. The summed E-state index contributed by atoms with van der Waals surface area (Å²) in [6.45, 7) is 3.50. The number of hydrogen-bond acceptors (Lipinski definition) is 4. The average Bonchev–Trinajstić information content (AvgIpc) is 2.54. The Morgan fingerprint density at radius 2 is 1.96 bits per heavy atom. The van der Waals surface area contributed by atoms with Crippen molar-refractivity contribution in [2.75, 3.05) is 16.0 Å². The normalized spacial score (nSPS) is 15.7. The van der Waals surface area contributed by atoms with Gasteiger partial charge >= 0.3 is 0 Å². The minimum atomic E-state index is -0.934. The number of benzene rings is 1. The van der Waals surface area contributed by atoms with Gasteiger partial charge in [-0.2, -0.15) is 0 Å². The van der Waals surface area contributed by atoms with Crippen molar-refractivity contribution in [1.82, 2.24) is 4.98 Å². The molecule has 1 aliphatic heterocycles. The lowest BCUT2D eigenvalue weighted by atomic mass is 9.96. The van der Waals surface area contributed by atoms with Gasteiger partial charge in [0.1, 0.15) is 5.54 Å². The summed E-state index contributed by atoms with van der Waals surface area (Å²) in [5.41, 5.74) is 0.451. The molecule has 0 saturated carbocycles. The molecule has 0 spiro atoms. The van der Waals surface area contributed by atoms with Crippen LogP contribution in [-0.4, -0.2) is 28.1 Å². The molecule has 1 aromatic carbocycles. The predicted octanol–water partition coefficient (Wildman–Crippen LogP) is 2.94. The highest BCUT2D eigenvalue weighted by Gasteiger charge is 2.43. The number of anilines is 2. The lowest BCUT2D eigenvalue weighted by Gasteiger charge is -2.42. The molecular weight excluding hydrogens is 310 g/mol. The number of nitrogens with zero attached hydrogens (tertiary/aromatic N) is 2. The summed E-state index contributed by atoms with van der Waals surface area (Å²) < 4.78 is 0. The third kappa shape index (κ3) is 2.94. The number of pyridine rings is 1. The van der Waals surface area contributed by atoms with Gasteiger partial charge in [0.15, 0.2) is 0 Å². The van der Waals surface area contributed by atoms with Crippen LogP contribution in [0.4, 0.5) is 11.4 Å². The van der Waals surface area contributed by atoms with E-state index in [0.717, 1.165) is 10.7 Å². The highest BCUT2D eigenvalue weighted by atomic mass is 32.2. The van der Waals surface area contributed by atoms with E-state index < -0.39 is 5.54 Å². The van der Waals surface area contributed by atoms with Crippen molar-refractivity contribution >= 4 is 35.0 Å². The quantitative estimate of drug-likeness (QED) is 0.881. The minimum absolute atomic E-state index is 0.118. The van der Waals surface area contributed by atoms with Crippen LogP contribution in [0.1, 0.15) is 13.8 Å². The molecule has 2 heterocycles. The maximum absolute atomic E-state index is 12.8. The van der Waals surface area contributed by atoms with Crippen LogP contribution in [0.3, 0.4) is 0 Å². The zero-order valence-corrected chi connectivity index (χ0v) is 13.8. The zero-order chi connectivity index (χ0) is 16.4. The van der Waals surface area contributed by atoms with Gasteiger partial charge in [-0.1, -0.05) is 30.0 Å². The number of aromatic nitrogens is 1. The standard InChI is InChI=1S/C17H17N3O2S/c1-17(2)16(22)19-12-7-3-4-8-13(12)20(17)15(21)11-23-14-9-5-6-10-18-14/h3-10H,11H2,1-2H3,(H,19,22). The SMILES string of the molecule is CC1(C)C(=O)Nc2ccccc2N1C(=O)CSc1ccccn1. The number of para-hydroxylation sites is 2. The Kier molecular flexibility index (Phi) is 4.09. The Labute approximate surface area is 139 Å². The maximum Gasteiger partial charge on any atom is 0.250 e. The summed E-state index contributed by atoms with van der Waals surface area (Å²) in [6.07, 6.45) is 1.69. The van der Waals surface area contributed by atoms with Gasteiger partial charge in [0.2, 0.25) is 11.8 Å². The van der Waals surface area contributed by atoms with E-state index in [1.54, 1.807) is 31.0 Å². The van der Waals surface area contributed by atoms with E-state index >= 15 is 0 Å². The predicted molar refractivity (Wildman–Crippen MR) is 91.6 cm³/mol. The number of carbonyl (C=O) groups excluding carboxylic acids is 2. The first kappa shape index (κ1) is 15.6. The van der Waals surface area contributed by atoms with Gasteiger partial charge in [0.05, 0.1) is 22.2 Å². The van der Waals surface area contributed by atoms with Crippen molar-refractivity contribution in [3.05, 3.63) is 48.7 Å². The number of amides is 2. The molecule has 1 N–H and O–H groups in total. The average molecular weight is 327 g/mol. The zero-order valence-electron chi connectivity index (χ0n) is 12.9. The van der Waals surface area contributed by atoms with Crippen LogP contribution < -0.4 is 10.2 Å². The topological polar surface area (TPSA) is 62.3 Å². The van der Waals surface area contributed by atoms with Crippen LogP contribution in [0.15, 0.2) is 53.7 Å². The Morgan fingerprint density at radius 3 is 2.70 bits per heavy atom. The third-order valence-corrected chi connectivity index (χ3v) is 4.67. The molecule has 5 nitrogen and oxygen atoms in total. The first-order chi connectivity index (χ1) is 11.0. The van der Waals surface area contributed by atoms with Crippen molar-refractivity contribution in [3.63, 3.8) is 0 Å². The Hall–Kier alpha value is -2.34. The molecule has 0 atom stereocenters. The van der Waals surface area contributed by atoms with Gasteiger partial charge in [-0.3, -0.25) is 14.5 Å². The minimum Gasteiger partial charge on any atom is -0.322 e. The molecule has 3 rings (SSSR count). The molecule has 0 fully saturated rings. The van der Waals surface area contributed by atoms with E-state index in [4.69, 9.17) is 0 Å². The van der Waals surface area contributed by atoms with E-state index in [-0.39, 0.29) is 17.6 Å². The maximum atomic E-state index is 12.8. The second-order valence-corrected chi connectivity index (χ2v) is 6.71. The molecule has 0 unspecified atom stereocenters. The molecule has 2 amide bonds. The van der Waals surface area contributed by atoms with E-state index in [2.05, 4.69) is 10.3 Å². The summed E-state index contributed by atoms with van der Waals surface area (Å²) >= 11 is 1.36. The number of carbonyl (C=O) groups is 2. The van der Waals surface area contributed by atoms with Gasteiger partial charge in [0, 0.05) is 6.20 Å². The number of thioether (sulfide) groups is 1. The van der Waals surface area contributed by atoms with Gasteiger partial charge in [-0.05, 0) is 38.1 Å². The molecular formula is C17H17N3O2S. The van der Waals surface area contributed by atoms with Crippen LogP contribution in [0.2, 0.25) is 0 Å². The van der Waals surface area contributed by atoms with Crippen LogP contribution in [0, 0.1) is 0 Å². The first-order valence-corrected chi connectivity index (χ1v) is 8.26. The Balaban J connectivity index is 1.87. The van der Waals surface area contributed by atoms with Crippen LogP contribution in [0.25, 0.3) is 0 Å². The smallest absolute Gasteiger partial charge is 0.250 e. The van der Waals surface area contributed by atoms with Crippen molar-refractivity contribution in [2.45, 2.75) is 24.4 Å². The lowest BCUT2D eigenvalue weighted by molar-refractivity contribution is -0.125. The first-order valence-electron chi connectivity index (χ1n) is 7.27. The number of hydrogen-bond donors (Lipinski definition) is 1. The molecule has 0 bridgehead atoms. The molecule has 0 aliphatic carbocycles. The lowest BCUT2D eigenvalue weighted by Crippen LogP contribution is -2.58. The molecule has 0 saturated heterocycles. The molecule has 6 heteroatoms.